The van der Waals surface area contributed by atoms with Crippen molar-refractivity contribution in [2.24, 2.45) is 0 Å². The van der Waals surface area contributed by atoms with Gasteiger partial charge in [-0.05, 0) is 24.1 Å². The lowest BCUT2D eigenvalue weighted by atomic mass is 10.5. The van der Waals surface area contributed by atoms with E-state index in [0.29, 0.717) is 0 Å². The molecule has 0 saturated carbocycles. The van der Waals surface area contributed by atoms with Crippen LogP contribution < -0.4 is 4.13 Å². The van der Waals surface area contributed by atoms with Crippen LogP contribution in [0.3, 0.4) is 0 Å². The maximum absolute atomic E-state index is 4.02. The van der Waals surface area contributed by atoms with Gasteiger partial charge < -0.3 is 0 Å². The molecule has 0 fully saturated rings. The standard InChI is InChI=1S/C5H6N2S2/c8-7-9-5-3-1-2-4-6-5/h1-4,7-8H. The summed E-state index contributed by atoms with van der Waals surface area (Å²) in [7, 11) is 0. The lowest BCUT2D eigenvalue weighted by molar-refractivity contribution is 1.13. The van der Waals surface area contributed by atoms with Crippen molar-refractivity contribution in [2.45, 2.75) is 5.03 Å². The number of thiol groups is 1. The molecule has 0 amide bonds. The molecule has 0 atom stereocenters. The average molecular weight is 158 g/mol. The maximum atomic E-state index is 4.02. The highest BCUT2D eigenvalue weighted by Gasteiger charge is 1.86. The number of hydrogen-bond donors (Lipinski definition) is 2. The van der Waals surface area contributed by atoms with Crippen LogP contribution >= 0.6 is 24.8 Å². The molecular weight excluding hydrogens is 152 g/mol. The SMILES string of the molecule is SNSc1ccccn1. The van der Waals surface area contributed by atoms with E-state index in [2.05, 4.69) is 21.9 Å². The van der Waals surface area contributed by atoms with Crippen molar-refractivity contribution in [3.05, 3.63) is 24.4 Å². The van der Waals surface area contributed by atoms with Gasteiger partial charge in [0.1, 0.15) is 5.03 Å². The third kappa shape index (κ3) is 2.26. The molecule has 0 unspecified atom stereocenters. The normalized spacial score (nSPS) is 9.44. The lowest BCUT2D eigenvalue weighted by Crippen LogP contribution is -1.83. The van der Waals surface area contributed by atoms with Gasteiger partial charge in [0.25, 0.3) is 0 Å². The maximum Gasteiger partial charge on any atom is 0.112 e. The summed E-state index contributed by atoms with van der Waals surface area (Å²) in [5.74, 6) is 0. The first-order valence-electron chi connectivity index (χ1n) is 2.40. The average Bonchev–Trinajstić information content (AvgIpc) is 1.91. The summed E-state index contributed by atoms with van der Waals surface area (Å²) >= 11 is 5.18. The molecule has 9 heavy (non-hydrogen) atoms. The van der Waals surface area contributed by atoms with E-state index >= 15 is 0 Å². The highest BCUT2D eigenvalue weighted by molar-refractivity contribution is 8.06. The molecule has 1 aromatic heterocycles. The lowest BCUT2D eigenvalue weighted by Gasteiger charge is -1.92. The molecule has 48 valence electrons. The first-order valence-corrected chi connectivity index (χ1v) is 3.67. The summed E-state index contributed by atoms with van der Waals surface area (Å²) in [4.78, 5) is 4.02. The molecule has 0 saturated heterocycles. The Morgan fingerprint density at radius 2 is 2.44 bits per heavy atom. The van der Waals surface area contributed by atoms with Crippen LogP contribution in [0.1, 0.15) is 0 Å². The molecule has 1 heterocycles. The van der Waals surface area contributed by atoms with Crippen molar-refractivity contribution in [1.82, 2.24) is 9.11 Å². The van der Waals surface area contributed by atoms with Gasteiger partial charge in [-0.2, -0.15) is 0 Å². The fourth-order valence-corrected chi connectivity index (χ4v) is 1.09. The van der Waals surface area contributed by atoms with Crippen LogP contribution in [0, 0.1) is 0 Å². The van der Waals surface area contributed by atoms with Gasteiger partial charge in [0.05, 0.1) is 0 Å². The fraction of sp³-hybridized carbons (Fsp3) is 0. The third-order valence-corrected chi connectivity index (χ3v) is 1.60. The zero-order valence-electron chi connectivity index (χ0n) is 4.61. The molecule has 4 heteroatoms. The van der Waals surface area contributed by atoms with Crippen molar-refractivity contribution >= 4 is 24.8 Å². The Hall–Kier alpha value is -0.190. The van der Waals surface area contributed by atoms with Crippen LogP contribution in [0.25, 0.3) is 0 Å². The topological polar surface area (TPSA) is 24.9 Å². The number of nitrogens with zero attached hydrogens (tertiary/aromatic N) is 1. The van der Waals surface area contributed by atoms with Gasteiger partial charge in [0.15, 0.2) is 0 Å². The zero-order chi connectivity index (χ0) is 6.53. The van der Waals surface area contributed by atoms with Crippen molar-refractivity contribution < 1.29 is 0 Å². The summed E-state index contributed by atoms with van der Waals surface area (Å²) in [5, 5.41) is 0.924. The minimum atomic E-state index is 0.924. The van der Waals surface area contributed by atoms with Crippen molar-refractivity contribution in [2.75, 3.05) is 0 Å². The highest BCUT2D eigenvalue weighted by Crippen LogP contribution is 2.08. The van der Waals surface area contributed by atoms with Crippen LogP contribution in [0.2, 0.25) is 0 Å². The van der Waals surface area contributed by atoms with E-state index in [0.717, 1.165) is 5.03 Å². The Balaban J connectivity index is 2.61. The van der Waals surface area contributed by atoms with Crippen LogP contribution in [0.5, 0.6) is 0 Å². The number of pyridine rings is 1. The largest absolute Gasteiger partial charge is 0.249 e. The molecule has 1 N–H and O–H groups in total. The number of rotatable bonds is 2. The van der Waals surface area contributed by atoms with Gasteiger partial charge in [0, 0.05) is 6.20 Å². The van der Waals surface area contributed by atoms with E-state index in [1.165, 1.54) is 11.9 Å². The van der Waals surface area contributed by atoms with Gasteiger partial charge in [-0.3, -0.25) is 0 Å². The molecule has 0 aliphatic carbocycles. The van der Waals surface area contributed by atoms with E-state index in [4.69, 9.17) is 0 Å². The summed E-state index contributed by atoms with van der Waals surface area (Å²) in [6, 6.07) is 5.72. The number of nitrogens with one attached hydrogen (secondary N) is 1. The predicted octanol–water partition coefficient (Wildman–Crippen LogP) is 1.52. The highest BCUT2D eigenvalue weighted by atomic mass is 32.2. The van der Waals surface area contributed by atoms with Crippen LogP contribution in [0.4, 0.5) is 0 Å². The Morgan fingerprint density at radius 3 is 3.00 bits per heavy atom. The molecule has 1 rings (SSSR count). The molecule has 1 aromatic rings. The Kier molecular flexibility index (Phi) is 2.90. The monoisotopic (exact) mass is 158 g/mol. The van der Waals surface area contributed by atoms with E-state index in [1.54, 1.807) is 6.20 Å². The van der Waals surface area contributed by atoms with Gasteiger partial charge in [-0.15, -0.1) is 0 Å². The minimum absolute atomic E-state index is 0.924. The molecule has 0 aliphatic heterocycles. The van der Waals surface area contributed by atoms with Gasteiger partial charge in [-0.25, -0.2) is 9.11 Å². The quantitative estimate of drug-likeness (QED) is 0.504. The summed E-state index contributed by atoms with van der Waals surface area (Å²) < 4.78 is 2.63. The third-order valence-electron chi connectivity index (χ3n) is 0.788. The summed E-state index contributed by atoms with van der Waals surface area (Å²) in [5.41, 5.74) is 0. The van der Waals surface area contributed by atoms with Gasteiger partial charge in [-0.1, -0.05) is 18.9 Å². The molecule has 0 bridgehead atoms. The Morgan fingerprint density at radius 1 is 1.56 bits per heavy atom. The van der Waals surface area contributed by atoms with E-state index in [-0.39, 0.29) is 0 Å². The molecule has 0 aliphatic rings. The second kappa shape index (κ2) is 3.76. The summed E-state index contributed by atoms with van der Waals surface area (Å²) in [6.45, 7) is 0. The number of aromatic nitrogens is 1. The molecule has 2 nitrogen and oxygen atoms in total. The predicted molar refractivity (Wildman–Crippen MR) is 42.2 cm³/mol. The molecule has 0 radical (unpaired) electrons. The minimum Gasteiger partial charge on any atom is -0.249 e. The van der Waals surface area contributed by atoms with Crippen LogP contribution in [-0.2, 0) is 0 Å². The van der Waals surface area contributed by atoms with Crippen molar-refractivity contribution in [1.29, 1.82) is 0 Å². The first kappa shape index (κ1) is 6.92. The second-order valence-corrected chi connectivity index (χ2v) is 2.71. The number of hydrogen-bond acceptors (Lipinski definition) is 4. The van der Waals surface area contributed by atoms with E-state index in [9.17, 15) is 0 Å². The van der Waals surface area contributed by atoms with Gasteiger partial charge >= 0.3 is 0 Å². The zero-order valence-corrected chi connectivity index (χ0v) is 6.32. The fourth-order valence-electron chi connectivity index (χ4n) is 0.454. The van der Waals surface area contributed by atoms with Crippen LogP contribution in [0.15, 0.2) is 29.4 Å². The first-order chi connectivity index (χ1) is 4.43. The molecule has 0 aromatic carbocycles. The Bertz CT molecular complexity index is 166. The Labute approximate surface area is 63.7 Å². The van der Waals surface area contributed by atoms with Crippen molar-refractivity contribution in [3.8, 4) is 0 Å². The molecular formula is C5H6N2S2. The van der Waals surface area contributed by atoms with Crippen molar-refractivity contribution in [3.63, 3.8) is 0 Å². The summed E-state index contributed by atoms with van der Waals surface area (Å²) in [6.07, 6.45) is 1.74. The van der Waals surface area contributed by atoms with Crippen LogP contribution in [-0.4, -0.2) is 4.98 Å². The second-order valence-electron chi connectivity index (χ2n) is 1.36. The smallest absolute Gasteiger partial charge is 0.112 e. The molecule has 0 spiro atoms. The van der Waals surface area contributed by atoms with E-state index < -0.39 is 0 Å². The van der Waals surface area contributed by atoms with Gasteiger partial charge in [0.2, 0.25) is 0 Å². The van der Waals surface area contributed by atoms with E-state index in [1.807, 2.05) is 18.2 Å².